The number of rotatable bonds is 2. The van der Waals surface area contributed by atoms with Gasteiger partial charge in [-0.05, 0) is 34.5 Å². The summed E-state index contributed by atoms with van der Waals surface area (Å²) in [6.45, 7) is 2.08. The van der Waals surface area contributed by atoms with Gasteiger partial charge in [-0.1, -0.05) is 36.2 Å². The third kappa shape index (κ3) is 2.37. The van der Waals surface area contributed by atoms with Crippen LogP contribution in [-0.4, -0.2) is 9.78 Å². The van der Waals surface area contributed by atoms with Crippen molar-refractivity contribution in [2.75, 3.05) is 0 Å². The zero-order valence-corrected chi connectivity index (χ0v) is 12.6. The number of aromatic nitrogens is 2. The van der Waals surface area contributed by atoms with E-state index in [-0.39, 0.29) is 0 Å². The summed E-state index contributed by atoms with van der Waals surface area (Å²) in [5, 5.41) is 5.56. The van der Waals surface area contributed by atoms with E-state index in [1.54, 1.807) is 6.07 Å². The molecule has 0 saturated heterocycles. The van der Waals surface area contributed by atoms with E-state index in [4.69, 9.17) is 23.2 Å². The van der Waals surface area contributed by atoms with E-state index in [1.807, 2.05) is 23.9 Å². The Kier molecular flexibility index (Phi) is 3.81. The number of hydrogen-bond acceptors (Lipinski definition) is 1. The van der Waals surface area contributed by atoms with Crippen molar-refractivity contribution < 1.29 is 0 Å². The maximum Gasteiger partial charge on any atom is 0.0824 e. The van der Waals surface area contributed by atoms with Gasteiger partial charge in [-0.2, -0.15) is 5.10 Å². The van der Waals surface area contributed by atoms with Gasteiger partial charge in [-0.25, -0.2) is 0 Å². The highest BCUT2D eigenvalue weighted by Crippen LogP contribution is 2.34. The fourth-order valence-corrected chi connectivity index (χ4v) is 2.88. The molecule has 90 valence electrons. The van der Waals surface area contributed by atoms with Crippen LogP contribution in [0.3, 0.4) is 0 Å². The number of benzene rings is 1. The maximum absolute atomic E-state index is 6.03. The van der Waals surface area contributed by atoms with Crippen LogP contribution in [0.25, 0.3) is 11.3 Å². The summed E-state index contributed by atoms with van der Waals surface area (Å²) in [5.41, 5.74) is 3.05. The Morgan fingerprint density at radius 1 is 1.29 bits per heavy atom. The summed E-state index contributed by atoms with van der Waals surface area (Å²) in [5.74, 6) is 0. The van der Waals surface area contributed by atoms with Gasteiger partial charge in [0.15, 0.2) is 0 Å². The molecule has 0 atom stereocenters. The van der Waals surface area contributed by atoms with Gasteiger partial charge in [0.1, 0.15) is 0 Å². The second kappa shape index (κ2) is 5.01. The lowest BCUT2D eigenvalue weighted by molar-refractivity contribution is 0.753. The minimum absolute atomic E-state index is 0.551. The third-order valence-corrected chi connectivity index (χ3v) is 4.16. The highest BCUT2D eigenvalue weighted by molar-refractivity contribution is 9.10. The molecule has 0 N–H and O–H groups in total. The van der Waals surface area contributed by atoms with Crippen LogP contribution in [0.5, 0.6) is 0 Å². The summed E-state index contributed by atoms with van der Waals surface area (Å²) in [4.78, 5) is 0. The quantitative estimate of drug-likeness (QED) is 0.777. The summed E-state index contributed by atoms with van der Waals surface area (Å²) in [7, 11) is 1.92. The highest BCUT2D eigenvalue weighted by Gasteiger charge is 2.14. The number of nitrogens with zero attached hydrogens (tertiary/aromatic N) is 2. The van der Waals surface area contributed by atoms with Crippen molar-refractivity contribution in [2.45, 2.75) is 13.3 Å². The van der Waals surface area contributed by atoms with Crippen molar-refractivity contribution >= 4 is 39.1 Å². The van der Waals surface area contributed by atoms with Crippen molar-refractivity contribution in [2.24, 2.45) is 7.05 Å². The lowest BCUT2D eigenvalue weighted by atomic mass is 10.1. The van der Waals surface area contributed by atoms with Gasteiger partial charge in [0.05, 0.1) is 25.9 Å². The van der Waals surface area contributed by atoms with Gasteiger partial charge in [-0.15, -0.1) is 0 Å². The average Bonchev–Trinajstić information content (AvgIpc) is 2.58. The molecular formula is C12H11BrCl2N2. The molecule has 0 amide bonds. The molecule has 1 aromatic heterocycles. The summed E-state index contributed by atoms with van der Waals surface area (Å²) < 4.78 is 2.86. The topological polar surface area (TPSA) is 17.8 Å². The zero-order valence-electron chi connectivity index (χ0n) is 9.47. The molecule has 0 aliphatic rings. The molecule has 1 aromatic carbocycles. The van der Waals surface area contributed by atoms with Crippen molar-refractivity contribution in [3.63, 3.8) is 0 Å². The van der Waals surface area contributed by atoms with Crippen LogP contribution in [0.2, 0.25) is 10.0 Å². The predicted molar refractivity (Wildman–Crippen MR) is 75.7 cm³/mol. The van der Waals surface area contributed by atoms with E-state index in [1.165, 1.54) is 0 Å². The SMILES string of the molecule is CCc1nn(C)c(-c2ccc(Cl)c(Cl)c2)c1Br. The molecule has 0 radical (unpaired) electrons. The van der Waals surface area contributed by atoms with Gasteiger partial charge in [-0.3, -0.25) is 4.68 Å². The monoisotopic (exact) mass is 332 g/mol. The normalized spacial score (nSPS) is 10.9. The Labute approximate surface area is 119 Å². The number of hydrogen-bond donors (Lipinski definition) is 0. The van der Waals surface area contributed by atoms with E-state index >= 15 is 0 Å². The molecule has 17 heavy (non-hydrogen) atoms. The minimum atomic E-state index is 0.551. The molecule has 2 nitrogen and oxygen atoms in total. The average molecular weight is 334 g/mol. The highest BCUT2D eigenvalue weighted by atomic mass is 79.9. The molecule has 5 heteroatoms. The van der Waals surface area contributed by atoms with Gasteiger partial charge >= 0.3 is 0 Å². The van der Waals surface area contributed by atoms with Gasteiger partial charge in [0.2, 0.25) is 0 Å². The molecule has 2 aromatic rings. The Morgan fingerprint density at radius 3 is 2.53 bits per heavy atom. The van der Waals surface area contributed by atoms with Crippen molar-refractivity contribution in [3.05, 3.63) is 38.4 Å². The maximum atomic E-state index is 6.03. The molecule has 0 aliphatic carbocycles. The molecule has 0 aliphatic heterocycles. The fourth-order valence-electron chi connectivity index (χ4n) is 1.74. The standard InChI is InChI=1S/C12H11BrCl2N2/c1-3-10-11(13)12(17(2)16-10)7-4-5-8(14)9(15)6-7/h4-6H,3H2,1-2H3. The van der Waals surface area contributed by atoms with Crippen LogP contribution in [0.4, 0.5) is 0 Å². The van der Waals surface area contributed by atoms with Crippen LogP contribution < -0.4 is 0 Å². The second-order valence-corrected chi connectivity index (χ2v) is 5.32. The first-order valence-electron chi connectivity index (χ1n) is 5.21. The second-order valence-electron chi connectivity index (χ2n) is 3.72. The lowest BCUT2D eigenvalue weighted by Gasteiger charge is -2.04. The van der Waals surface area contributed by atoms with Gasteiger partial charge in [0, 0.05) is 12.6 Å². The molecule has 0 unspecified atom stereocenters. The van der Waals surface area contributed by atoms with Gasteiger partial charge in [0.25, 0.3) is 0 Å². The molecular weight excluding hydrogens is 323 g/mol. The smallest absolute Gasteiger partial charge is 0.0824 e. The first kappa shape index (κ1) is 12.9. The van der Waals surface area contributed by atoms with Crippen LogP contribution in [0.1, 0.15) is 12.6 Å². The van der Waals surface area contributed by atoms with Crippen LogP contribution in [-0.2, 0) is 13.5 Å². The summed E-state index contributed by atoms with van der Waals surface area (Å²) >= 11 is 15.5. The van der Waals surface area contributed by atoms with E-state index in [0.29, 0.717) is 10.0 Å². The Bertz CT molecular complexity index is 564. The van der Waals surface area contributed by atoms with Gasteiger partial charge < -0.3 is 0 Å². The van der Waals surface area contributed by atoms with Crippen LogP contribution >= 0.6 is 39.1 Å². The molecule has 0 saturated carbocycles. The van der Waals surface area contributed by atoms with Crippen LogP contribution in [0.15, 0.2) is 22.7 Å². The van der Waals surface area contributed by atoms with Crippen molar-refractivity contribution in [3.8, 4) is 11.3 Å². The number of aryl methyl sites for hydroxylation is 2. The Morgan fingerprint density at radius 2 is 2.00 bits per heavy atom. The Hall–Kier alpha value is -0.510. The molecule has 0 bridgehead atoms. The first-order chi connectivity index (χ1) is 8.04. The van der Waals surface area contributed by atoms with E-state index in [0.717, 1.165) is 27.8 Å². The summed E-state index contributed by atoms with van der Waals surface area (Å²) in [6.07, 6.45) is 0.885. The fraction of sp³-hybridized carbons (Fsp3) is 0.250. The lowest BCUT2D eigenvalue weighted by Crippen LogP contribution is -1.94. The number of halogens is 3. The molecule has 0 fully saturated rings. The molecule has 1 heterocycles. The first-order valence-corrected chi connectivity index (χ1v) is 6.76. The summed E-state index contributed by atoms with van der Waals surface area (Å²) in [6, 6.07) is 5.59. The minimum Gasteiger partial charge on any atom is -0.266 e. The van der Waals surface area contributed by atoms with E-state index < -0.39 is 0 Å². The predicted octanol–water partition coefficient (Wildman–Crippen LogP) is 4.72. The van der Waals surface area contributed by atoms with Crippen LogP contribution in [0, 0.1) is 0 Å². The largest absolute Gasteiger partial charge is 0.266 e. The Balaban J connectivity index is 2.60. The van der Waals surface area contributed by atoms with E-state index in [2.05, 4.69) is 28.0 Å². The zero-order chi connectivity index (χ0) is 12.6. The van der Waals surface area contributed by atoms with Crippen molar-refractivity contribution in [1.82, 2.24) is 9.78 Å². The van der Waals surface area contributed by atoms with Crippen molar-refractivity contribution in [1.29, 1.82) is 0 Å². The molecule has 2 rings (SSSR count). The van der Waals surface area contributed by atoms with E-state index in [9.17, 15) is 0 Å². The third-order valence-electron chi connectivity index (χ3n) is 2.58. The molecule has 0 spiro atoms.